The molecule has 2 rings (SSSR count). The number of nitrogens with zero attached hydrogens (tertiary/aromatic N) is 1. The number of aromatic nitrogens is 1. The lowest BCUT2D eigenvalue weighted by atomic mass is 10.1. The van der Waals surface area contributed by atoms with E-state index in [0.29, 0.717) is 6.07 Å². The number of benzene rings is 1. The number of halogens is 4. The summed E-state index contributed by atoms with van der Waals surface area (Å²) < 4.78 is 52.1. The summed E-state index contributed by atoms with van der Waals surface area (Å²) >= 11 is 1.17. The fourth-order valence-electron chi connectivity index (χ4n) is 1.96. The number of hydrogen-bond donors (Lipinski definition) is 1. The molecule has 114 valence electrons. The highest BCUT2D eigenvalue weighted by Crippen LogP contribution is 2.39. The standard InChI is InChI=1S/C14H14F4N2S/c1-3-19-8(2)12-7-20-13(21-12)10-5-4-9(15)6-11(10)14(16,17)18/h4-8,19H,3H2,1-2H3. The molecule has 1 heterocycles. The second-order valence-electron chi connectivity index (χ2n) is 4.53. The molecule has 0 radical (unpaired) electrons. The first-order valence-electron chi connectivity index (χ1n) is 6.39. The molecule has 0 aliphatic carbocycles. The van der Waals surface area contributed by atoms with Crippen molar-refractivity contribution in [2.24, 2.45) is 0 Å². The fraction of sp³-hybridized carbons (Fsp3) is 0.357. The first-order chi connectivity index (χ1) is 9.82. The first-order valence-corrected chi connectivity index (χ1v) is 7.20. The Kier molecular flexibility index (Phi) is 4.63. The fourth-order valence-corrected chi connectivity index (χ4v) is 2.94. The lowest BCUT2D eigenvalue weighted by molar-refractivity contribution is -0.137. The monoisotopic (exact) mass is 318 g/mol. The van der Waals surface area contributed by atoms with E-state index in [-0.39, 0.29) is 16.6 Å². The molecule has 0 saturated heterocycles. The van der Waals surface area contributed by atoms with Crippen molar-refractivity contribution in [3.8, 4) is 10.6 Å². The molecule has 2 nitrogen and oxygen atoms in total. The highest BCUT2D eigenvalue weighted by Gasteiger charge is 2.35. The van der Waals surface area contributed by atoms with E-state index < -0.39 is 17.6 Å². The third-order valence-corrected chi connectivity index (χ3v) is 4.19. The van der Waals surface area contributed by atoms with Gasteiger partial charge in [-0.25, -0.2) is 9.37 Å². The molecule has 7 heteroatoms. The minimum absolute atomic E-state index is 0.0102. The Morgan fingerprint density at radius 1 is 1.33 bits per heavy atom. The summed E-state index contributed by atoms with van der Waals surface area (Å²) in [6.45, 7) is 4.61. The van der Waals surface area contributed by atoms with Gasteiger partial charge >= 0.3 is 6.18 Å². The van der Waals surface area contributed by atoms with Crippen LogP contribution in [0.3, 0.4) is 0 Å². The van der Waals surface area contributed by atoms with E-state index in [1.807, 2.05) is 13.8 Å². The highest BCUT2D eigenvalue weighted by molar-refractivity contribution is 7.15. The van der Waals surface area contributed by atoms with Crippen LogP contribution in [0.5, 0.6) is 0 Å². The van der Waals surface area contributed by atoms with Gasteiger partial charge < -0.3 is 5.32 Å². The third-order valence-electron chi connectivity index (χ3n) is 2.98. The largest absolute Gasteiger partial charge is 0.417 e. The molecule has 0 amide bonds. The Labute approximate surface area is 123 Å². The zero-order valence-corrected chi connectivity index (χ0v) is 12.3. The normalized spacial score (nSPS) is 13.4. The van der Waals surface area contributed by atoms with Gasteiger partial charge in [0.25, 0.3) is 0 Å². The van der Waals surface area contributed by atoms with Gasteiger partial charge in [0.1, 0.15) is 10.8 Å². The summed E-state index contributed by atoms with van der Waals surface area (Å²) in [6.07, 6.45) is -3.06. The van der Waals surface area contributed by atoms with Crippen LogP contribution in [0, 0.1) is 5.82 Å². The highest BCUT2D eigenvalue weighted by atomic mass is 32.1. The Bertz CT molecular complexity index is 622. The number of rotatable bonds is 4. The van der Waals surface area contributed by atoms with Crippen LogP contribution < -0.4 is 5.32 Å². The van der Waals surface area contributed by atoms with E-state index in [1.54, 1.807) is 6.20 Å². The van der Waals surface area contributed by atoms with Crippen LogP contribution in [-0.2, 0) is 6.18 Å². The van der Waals surface area contributed by atoms with Crippen molar-refractivity contribution in [3.63, 3.8) is 0 Å². The topological polar surface area (TPSA) is 24.9 Å². The number of hydrogen-bond acceptors (Lipinski definition) is 3. The van der Waals surface area contributed by atoms with Crippen LogP contribution in [0.1, 0.15) is 30.3 Å². The molecule has 0 spiro atoms. The molecule has 0 bridgehead atoms. The van der Waals surface area contributed by atoms with Gasteiger partial charge in [-0.2, -0.15) is 13.2 Å². The molecule has 0 saturated carbocycles. The van der Waals surface area contributed by atoms with Gasteiger partial charge in [-0.15, -0.1) is 11.3 Å². The van der Waals surface area contributed by atoms with Crippen molar-refractivity contribution in [2.45, 2.75) is 26.1 Å². The zero-order chi connectivity index (χ0) is 15.6. The Balaban J connectivity index is 2.43. The Morgan fingerprint density at radius 3 is 2.67 bits per heavy atom. The Hall–Kier alpha value is -1.47. The smallest absolute Gasteiger partial charge is 0.310 e. The van der Waals surface area contributed by atoms with E-state index in [9.17, 15) is 17.6 Å². The summed E-state index contributed by atoms with van der Waals surface area (Å²) in [5.41, 5.74) is -1.09. The molecular formula is C14H14F4N2S. The van der Waals surface area contributed by atoms with Gasteiger partial charge in [-0.05, 0) is 31.7 Å². The molecule has 1 atom stereocenters. The average molecular weight is 318 g/mol. The molecule has 1 N–H and O–H groups in total. The van der Waals surface area contributed by atoms with Crippen LogP contribution in [0.2, 0.25) is 0 Å². The summed E-state index contributed by atoms with van der Waals surface area (Å²) in [7, 11) is 0. The first kappa shape index (κ1) is 15.9. The molecule has 0 fully saturated rings. The summed E-state index contributed by atoms with van der Waals surface area (Å²) in [6, 6.07) is 2.65. The van der Waals surface area contributed by atoms with Crippen molar-refractivity contribution >= 4 is 11.3 Å². The lowest BCUT2D eigenvalue weighted by Gasteiger charge is -2.11. The quantitative estimate of drug-likeness (QED) is 0.831. The molecule has 1 aromatic heterocycles. The van der Waals surface area contributed by atoms with E-state index in [0.717, 1.165) is 23.6 Å². The van der Waals surface area contributed by atoms with Crippen molar-refractivity contribution in [3.05, 3.63) is 40.7 Å². The van der Waals surface area contributed by atoms with Gasteiger partial charge in [-0.3, -0.25) is 0 Å². The van der Waals surface area contributed by atoms with Crippen molar-refractivity contribution in [1.29, 1.82) is 0 Å². The van der Waals surface area contributed by atoms with E-state index in [2.05, 4.69) is 10.3 Å². The number of thiazole rings is 1. The number of alkyl halides is 3. The third kappa shape index (κ3) is 3.59. The molecule has 1 aromatic carbocycles. The van der Waals surface area contributed by atoms with Crippen LogP contribution in [0.4, 0.5) is 17.6 Å². The summed E-state index contributed by atoms with van der Waals surface area (Å²) in [5.74, 6) is -0.913. The molecule has 21 heavy (non-hydrogen) atoms. The van der Waals surface area contributed by atoms with Gasteiger partial charge in [0.2, 0.25) is 0 Å². The Morgan fingerprint density at radius 2 is 2.05 bits per heavy atom. The minimum Gasteiger partial charge on any atom is -0.310 e. The van der Waals surface area contributed by atoms with Gasteiger partial charge in [0.05, 0.1) is 5.56 Å². The van der Waals surface area contributed by atoms with Crippen LogP contribution in [0.15, 0.2) is 24.4 Å². The lowest BCUT2D eigenvalue weighted by Crippen LogP contribution is -2.16. The zero-order valence-electron chi connectivity index (χ0n) is 11.5. The predicted molar refractivity (Wildman–Crippen MR) is 74.6 cm³/mol. The predicted octanol–water partition coefficient (Wildman–Crippen LogP) is 4.64. The summed E-state index contributed by atoms with van der Waals surface area (Å²) in [5, 5.41) is 3.41. The minimum atomic E-state index is -4.61. The molecule has 0 aliphatic heterocycles. The molecular weight excluding hydrogens is 304 g/mol. The maximum Gasteiger partial charge on any atom is 0.417 e. The van der Waals surface area contributed by atoms with Gasteiger partial charge in [0, 0.05) is 22.7 Å². The summed E-state index contributed by atoms with van der Waals surface area (Å²) in [4.78, 5) is 4.89. The van der Waals surface area contributed by atoms with Crippen molar-refractivity contribution in [1.82, 2.24) is 10.3 Å². The SMILES string of the molecule is CCNC(C)c1cnc(-c2ccc(F)cc2C(F)(F)F)s1. The van der Waals surface area contributed by atoms with Crippen LogP contribution in [0.25, 0.3) is 10.6 Å². The van der Waals surface area contributed by atoms with Crippen molar-refractivity contribution in [2.75, 3.05) is 6.54 Å². The van der Waals surface area contributed by atoms with Gasteiger partial charge in [0.15, 0.2) is 0 Å². The number of nitrogens with one attached hydrogen (secondary N) is 1. The molecule has 2 aromatic rings. The molecule has 0 aliphatic rings. The van der Waals surface area contributed by atoms with Crippen LogP contribution in [-0.4, -0.2) is 11.5 Å². The second kappa shape index (κ2) is 6.11. The second-order valence-corrected chi connectivity index (χ2v) is 5.60. The average Bonchev–Trinajstić information content (AvgIpc) is 2.87. The van der Waals surface area contributed by atoms with E-state index in [4.69, 9.17) is 0 Å². The van der Waals surface area contributed by atoms with Gasteiger partial charge in [-0.1, -0.05) is 6.92 Å². The maximum absolute atomic E-state index is 13.1. The maximum atomic E-state index is 13.1. The van der Waals surface area contributed by atoms with E-state index >= 15 is 0 Å². The molecule has 1 unspecified atom stereocenters. The van der Waals surface area contributed by atoms with Crippen molar-refractivity contribution < 1.29 is 17.6 Å². The van der Waals surface area contributed by atoms with Crippen LogP contribution >= 0.6 is 11.3 Å². The van der Waals surface area contributed by atoms with E-state index in [1.165, 1.54) is 11.3 Å².